The summed E-state index contributed by atoms with van der Waals surface area (Å²) in [6, 6.07) is 2.41. The summed E-state index contributed by atoms with van der Waals surface area (Å²) in [7, 11) is 0. The first-order chi connectivity index (χ1) is 7.28. The van der Waals surface area contributed by atoms with Gasteiger partial charge in [-0.15, -0.1) is 0 Å². The van der Waals surface area contributed by atoms with Crippen molar-refractivity contribution < 1.29 is 4.74 Å². The molecule has 1 aliphatic rings. The maximum absolute atomic E-state index is 5.50. The molecular weight excluding hydrogens is 190 g/mol. The summed E-state index contributed by atoms with van der Waals surface area (Å²) in [5, 5.41) is 3.38. The molecule has 2 rings (SSSR count). The van der Waals surface area contributed by atoms with Crippen LogP contribution >= 0.6 is 0 Å². The van der Waals surface area contributed by atoms with Crippen LogP contribution in [-0.2, 0) is 4.74 Å². The zero-order chi connectivity index (χ0) is 10.7. The number of hydrogen-bond acceptors (Lipinski definition) is 4. The number of hydrogen-bond donors (Lipinski definition) is 1. The number of aromatic nitrogens is 2. The van der Waals surface area contributed by atoms with Gasteiger partial charge in [0.15, 0.2) is 0 Å². The Hall–Kier alpha value is -1.16. The fourth-order valence-corrected chi connectivity index (χ4v) is 1.80. The molecule has 1 aromatic heterocycles. The number of rotatable bonds is 4. The highest BCUT2D eigenvalue weighted by Gasteiger charge is 2.29. The van der Waals surface area contributed by atoms with E-state index in [1.165, 1.54) is 0 Å². The largest absolute Gasteiger partial charge is 0.378 e. The van der Waals surface area contributed by atoms with Crippen LogP contribution in [0.4, 0.5) is 5.82 Å². The molecule has 0 radical (unpaired) electrons. The van der Waals surface area contributed by atoms with Gasteiger partial charge in [0, 0.05) is 18.8 Å². The lowest BCUT2D eigenvalue weighted by Gasteiger charge is -2.35. The summed E-state index contributed by atoms with van der Waals surface area (Å²) in [5.74, 6) is 1.73. The van der Waals surface area contributed by atoms with Crippen molar-refractivity contribution in [3.05, 3.63) is 18.1 Å². The molecule has 1 saturated carbocycles. The van der Waals surface area contributed by atoms with Crippen molar-refractivity contribution >= 4 is 5.82 Å². The van der Waals surface area contributed by atoms with Crippen molar-refractivity contribution in [1.82, 2.24) is 9.97 Å². The van der Waals surface area contributed by atoms with Crippen LogP contribution in [-0.4, -0.2) is 28.7 Å². The molecule has 0 atom stereocenters. The predicted octanol–water partition coefficient (Wildman–Crippen LogP) is 1.76. The maximum Gasteiger partial charge on any atom is 0.129 e. The third kappa shape index (κ3) is 2.65. The van der Waals surface area contributed by atoms with E-state index in [2.05, 4.69) is 15.3 Å². The molecule has 0 spiro atoms. The highest BCUT2D eigenvalue weighted by molar-refractivity contribution is 5.35. The summed E-state index contributed by atoms with van der Waals surface area (Å²) >= 11 is 0. The average molecular weight is 207 g/mol. The van der Waals surface area contributed by atoms with Gasteiger partial charge in [0.25, 0.3) is 0 Å². The number of anilines is 1. The molecule has 82 valence electrons. The van der Waals surface area contributed by atoms with Gasteiger partial charge in [0.05, 0.1) is 6.10 Å². The molecule has 0 aliphatic heterocycles. The zero-order valence-electron chi connectivity index (χ0n) is 9.23. The molecule has 1 N–H and O–H groups in total. The van der Waals surface area contributed by atoms with Gasteiger partial charge in [-0.2, -0.15) is 0 Å². The second-order valence-corrected chi connectivity index (χ2v) is 3.88. The van der Waals surface area contributed by atoms with E-state index in [9.17, 15) is 0 Å². The highest BCUT2D eigenvalue weighted by atomic mass is 16.5. The molecule has 0 bridgehead atoms. The Kier molecular flexibility index (Phi) is 3.16. The third-order valence-corrected chi connectivity index (χ3v) is 2.63. The monoisotopic (exact) mass is 207 g/mol. The Morgan fingerprint density at radius 3 is 3.00 bits per heavy atom. The smallest absolute Gasteiger partial charge is 0.129 e. The van der Waals surface area contributed by atoms with Crippen molar-refractivity contribution in [2.75, 3.05) is 11.9 Å². The van der Waals surface area contributed by atoms with Crippen LogP contribution < -0.4 is 5.32 Å². The number of ether oxygens (including phenoxy) is 1. The molecule has 1 fully saturated rings. The molecule has 1 heterocycles. The number of nitrogens with one attached hydrogen (secondary N) is 1. The number of nitrogens with zero attached hydrogens (tertiary/aromatic N) is 2. The Balaban J connectivity index is 1.80. The van der Waals surface area contributed by atoms with Gasteiger partial charge in [-0.25, -0.2) is 9.97 Å². The van der Waals surface area contributed by atoms with Crippen molar-refractivity contribution in [3.8, 4) is 0 Å². The van der Waals surface area contributed by atoms with Gasteiger partial charge < -0.3 is 10.1 Å². The Morgan fingerprint density at radius 1 is 1.53 bits per heavy atom. The molecule has 4 heteroatoms. The first-order valence-corrected chi connectivity index (χ1v) is 5.45. The minimum absolute atomic E-state index is 0.440. The van der Waals surface area contributed by atoms with E-state index in [1.807, 2.05) is 19.9 Å². The van der Waals surface area contributed by atoms with Crippen LogP contribution in [0.3, 0.4) is 0 Å². The first-order valence-electron chi connectivity index (χ1n) is 5.45. The van der Waals surface area contributed by atoms with E-state index in [4.69, 9.17) is 4.74 Å². The number of aryl methyl sites for hydroxylation is 1. The lowest BCUT2D eigenvalue weighted by molar-refractivity contribution is 0.00292. The van der Waals surface area contributed by atoms with Crippen LogP contribution in [0.2, 0.25) is 0 Å². The van der Waals surface area contributed by atoms with Crippen molar-refractivity contribution in [2.45, 2.75) is 38.8 Å². The molecule has 0 unspecified atom stereocenters. The van der Waals surface area contributed by atoms with E-state index in [0.29, 0.717) is 12.1 Å². The second kappa shape index (κ2) is 4.57. The summed E-state index contributed by atoms with van der Waals surface area (Å²) < 4.78 is 5.50. The summed E-state index contributed by atoms with van der Waals surface area (Å²) in [6.45, 7) is 4.74. The molecule has 4 nitrogen and oxygen atoms in total. The van der Waals surface area contributed by atoms with Crippen LogP contribution in [0, 0.1) is 6.92 Å². The van der Waals surface area contributed by atoms with E-state index in [0.717, 1.165) is 31.1 Å². The van der Waals surface area contributed by atoms with E-state index in [1.54, 1.807) is 6.20 Å². The SMILES string of the molecule is CCOC1CC(Nc2ccnc(C)n2)C1. The van der Waals surface area contributed by atoms with E-state index in [-0.39, 0.29) is 0 Å². The Bertz CT molecular complexity index is 323. The first kappa shape index (κ1) is 10.4. The normalized spacial score (nSPS) is 24.7. The minimum Gasteiger partial charge on any atom is -0.378 e. The van der Waals surface area contributed by atoms with Crippen molar-refractivity contribution in [3.63, 3.8) is 0 Å². The van der Waals surface area contributed by atoms with Crippen molar-refractivity contribution in [1.29, 1.82) is 0 Å². The van der Waals surface area contributed by atoms with Crippen LogP contribution in [0.25, 0.3) is 0 Å². The minimum atomic E-state index is 0.440. The average Bonchev–Trinajstić information content (AvgIpc) is 2.15. The fourth-order valence-electron chi connectivity index (χ4n) is 1.80. The van der Waals surface area contributed by atoms with Gasteiger partial charge >= 0.3 is 0 Å². The standard InChI is InChI=1S/C11H17N3O/c1-3-15-10-6-9(7-10)14-11-4-5-12-8(2)13-11/h4-5,9-10H,3,6-7H2,1-2H3,(H,12,13,14). The Labute approximate surface area is 90.1 Å². The summed E-state index contributed by atoms with van der Waals surface area (Å²) in [6.07, 6.45) is 4.38. The molecule has 0 amide bonds. The van der Waals surface area contributed by atoms with Crippen LogP contribution in [0.15, 0.2) is 12.3 Å². The molecule has 0 aromatic carbocycles. The van der Waals surface area contributed by atoms with Gasteiger partial charge in [-0.05, 0) is 32.8 Å². The molecule has 1 aromatic rings. The summed E-state index contributed by atoms with van der Waals surface area (Å²) in [5.41, 5.74) is 0. The van der Waals surface area contributed by atoms with E-state index < -0.39 is 0 Å². The third-order valence-electron chi connectivity index (χ3n) is 2.63. The fraction of sp³-hybridized carbons (Fsp3) is 0.636. The van der Waals surface area contributed by atoms with Gasteiger partial charge in [0.1, 0.15) is 11.6 Å². The second-order valence-electron chi connectivity index (χ2n) is 3.88. The van der Waals surface area contributed by atoms with Crippen molar-refractivity contribution in [2.24, 2.45) is 0 Å². The van der Waals surface area contributed by atoms with Crippen LogP contribution in [0.1, 0.15) is 25.6 Å². The quantitative estimate of drug-likeness (QED) is 0.817. The highest BCUT2D eigenvalue weighted by Crippen LogP contribution is 2.25. The molecule has 1 aliphatic carbocycles. The zero-order valence-corrected chi connectivity index (χ0v) is 9.23. The van der Waals surface area contributed by atoms with Gasteiger partial charge in [0.2, 0.25) is 0 Å². The lowest BCUT2D eigenvalue weighted by atomic mass is 9.89. The van der Waals surface area contributed by atoms with Gasteiger partial charge in [-0.1, -0.05) is 0 Å². The summed E-state index contributed by atoms with van der Waals surface area (Å²) in [4.78, 5) is 8.36. The van der Waals surface area contributed by atoms with E-state index >= 15 is 0 Å². The Morgan fingerprint density at radius 2 is 2.33 bits per heavy atom. The molecule has 15 heavy (non-hydrogen) atoms. The maximum atomic E-state index is 5.50. The predicted molar refractivity (Wildman–Crippen MR) is 58.8 cm³/mol. The lowest BCUT2D eigenvalue weighted by Crippen LogP contribution is -2.41. The van der Waals surface area contributed by atoms with Crippen LogP contribution in [0.5, 0.6) is 0 Å². The molecule has 0 saturated heterocycles. The topological polar surface area (TPSA) is 47.0 Å². The molecular formula is C11H17N3O. The van der Waals surface area contributed by atoms with Gasteiger partial charge in [-0.3, -0.25) is 0 Å².